The molecule has 0 atom stereocenters. The molecule has 0 saturated carbocycles. The summed E-state index contributed by atoms with van der Waals surface area (Å²) in [4.78, 5) is 51.8. The van der Waals surface area contributed by atoms with Gasteiger partial charge < -0.3 is 19.7 Å². The van der Waals surface area contributed by atoms with Crippen LogP contribution in [0.3, 0.4) is 0 Å². The second kappa shape index (κ2) is 9.67. The summed E-state index contributed by atoms with van der Waals surface area (Å²) in [6.45, 7) is 0.812. The summed E-state index contributed by atoms with van der Waals surface area (Å²) in [6, 6.07) is 7.18. The Kier molecular flexibility index (Phi) is 6.02. The van der Waals surface area contributed by atoms with Gasteiger partial charge >= 0.3 is 5.97 Å². The minimum Gasteiger partial charge on any atom is -0.494 e. The van der Waals surface area contributed by atoms with Gasteiger partial charge in [0.25, 0.3) is 11.7 Å². The summed E-state index contributed by atoms with van der Waals surface area (Å²) in [5.41, 5.74) is 5.46. The second-order valence-electron chi connectivity index (χ2n) is 9.36. The number of hydrogen-bond donors (Lipinski definition) is 3. The number of carbonyl (C=O) groups is 3. The molecule has 196 valence electrons. The molecule has 1 amide bonds. The highest BCUT2D eigenvalue weighted by Crippen LogP contribution is 2.38. The van der Waals surface area contributed by atoms with Crippen LogP contribution in [0.2, 0.25) is 0 Å². The van der Waals surface area contributed by atoms with Crippen LogP contribution in [0.4, 0.5) is 0 Å². The fourth-order valence-electron chi connectivity index (χ4n) is 5.31. The highest BCUT2D eigenvalue weighted by atomic mass is 16.5. The van der Waals surface area contributed by atoms with Gasteiger partial charge in [-0.2, -0.15) is 5.10 Å². The Bertz CT molecular complexity index is 1700. The monoisotopic (exact) mass is 524 g/mol. The highest BCUT2D eigenvalue weighted by molar-refractivity contribution is 6.45. The van der Waals surface area contributed by atoms with Crippen LogP contribution in [0.25, 0.3) is 27.9 Å². The van der Waals surface area contributed by atoms with Gasteiger partial charge in [-0.25, -0.2) is 9.78 Å². The van der Waals surface area contributed by atoms with Gasteiger partial charge in [0.15, 0.2) is 0 Å². The van der Waals surface area contributed by atoms with E-state index in [1.165, 1.54) is 31.1 Å². The van der Waals surface area contributed by atoms with Crippen molar-refractivity contribution in [2.24, 2.45) is 0 Å². The number of aromatic carboxylic acids is 1. The lowest BCUT2D eigenvalue weighted by Crippen LogP contribution is -2.41. The fourth-order valence-corrected chi connectivity index (χ4v) is 5.31. The number of ketones is 1. The standard InChI is InChI=1S/C28H24N6O5/c1-39-22-13-31-24(20-11-21(28(37)38)33-32-20)25-23(22)18(12-30-25)26(35)27(36)34-10-8-16-15(14-34)5-4-6-17(16)19-7-2-3-9-29-19/h2-3,6-7,9,11-13,30H,4-5,8,10,14H2,1H3,(H,32,33)(H,37,38). The molecule has 4 aromatic heterocycles. The van der Waals surface area contributed by atoms with Crippen molar-refractivity contribution in [1.29, 1.82) is 0 Å². The molecule has 0 spiro atoms. The molecule has 0 radical (unpaired) electrons. The number of carbonyl (C=O) groups excluding carboxylic acids is 2. The first-order chi connectivity index (χ1) is 19.0. The van der Waals surface area contributed by atoms with Gasteiger partial charge in [-0.05, 0) is 48.1 Å². The third-order valence-electron chi connectivity index (χ3n) is 7.17. The van der Waals surface area contributed by atoms with Crippen molar-refractivity contribution < 1.29 is 24.2 Å². The van der Waals surface area contributed by atoms with Crippen LogP contribution < -0.4 is 4.74 Å². The van der Waals surface area contributed by atoms with Gasteiger partial charge in [0.05, 0.1) is 35.5 Å². The van der Waals surface area contributed by atoms with Crippen LogP contribution in [0.5, 0.6) is 5.75 Å². The van der Waals surface area contributed by atoms with Crippen molar-refractivity contribution in [2.75, 3.05) is 20.2 Å². The molecule has 6 rings (SSSR count). The van der Waals surface area contributed by atoms with Crippen LogP contribution >= 0.6 is 0 Å². The number of methoxy groups -OCH3 is 1. The average Bonchev–Trinajstić information content (AvgIpc) is 3.64. The van der Waals surface area contributed by atoms with Crippen molar-refractivity contribution in [1.82, 2.24) is 30.0 Å². The maximum absolute atomic E-state index is 13.6. The lowest BCUT2D eigenvalue weighted by Gasteiger charge is -2.33. The molecule has 11 nitrogen and oxygen atoms in total. The minimum atomic E-state index is -1.16. The summed E-state index contributed by atoms with van der Waals surface area (Å²) < 4.78 is 5.46. The topological polar surface area (TPSA) is 154 Å². The Morgan fingerprint density at radius 1 is 1.13 bits per heavy atom. The molecular weight excluding hydrogens is 500 g/mol. The quantitative estimate of drug-likeness (QED) is 0.255. The molecule has 11 heteroatoms. The number of H-pyrrole nitrogens is 2. The molecular formula is C28H24N6O5. The number of nitrogens with zero attached hydrogens (tertiary/aromatic N) is 4. The Hall–Kier alpha value is -5.06. The zero-order chi connectivity index (χ0) is 27.1. The number of nitrogens with one attached hydrogen (secondary N) is 2. The SMILES string of the molecule is COc1cnc(-c2cc(C(=O)O)[nH]n2)c2[nH]cc(C(=O)C(=O)N3CCC4=C(CCC=C4c4ccccn4)C3)c12. The Morgan fingerprint density at radius 3 is 2.74 bits per heavy atom. The zero-order valence-electron chi connectivity index (χ0n) is 21.0. The van der Waals surface area contributed by atoms with Crippen molar-refractivity contribution in [3.05, 3.63) is 77.0 Å². The Labute approximate surface area is 222 Å². The van der Waals surface area contributed by atoms with E-state index in [1.54, 1.807) is 11.1 Å². The molecule has 0 fully saturated rings. The number of carboxylic acid groups (broad SMARTS) is 1. The number of carboxylic acids is 1. The van der Waals surface area contributed by atoms with Gasteiger partial charge in [0.1, 0.15) is 22.8 Å². The molecule has 0 bridgehead atoms. The molecule has 1 aliphatic heterocycles. The molecule has 0 aromatic carbocycles. The van der Waals surface area contributed by atoms with E-state index >= 15 is 0 Å². The number of aromatic amines is 2. The molecule has 39 heavy (non-hydrogen) atoms. The maximum atomic E-state index is 13.6. The van der Waals surface area contributed by atoms with Gasteiger partial charge in [-0.15, -0.1) is 0 Å². The van der Waals surface area contributed by atoms with Gasteiger partial charge in [0, 0.05) is 31.5 Å². The Balaban J connectivity index is 1.30. The van der Waals surface area contributed by atoms with Crippen LogP contribution in [0, 0.1) is 0 Å². The van der Waals surface area contributed by atoms with E-state index in [2.05, 4.69) is 31.2 Å². The molecule has 0 saturated heterocycles. The summed E-state index contributed by atoms with van der Waals surface area (Å²) in [5, 5.41) is 16.1. The van der Waals surface area contributed by atoms with E-state index in [-0.39, 0.29) is 17.0 Å². The highest BCUT2D eigenvalue weighted by Gasteiger charge is 2.32. The van der Waals surface area contributed by atoms with Crippen LogP contribution in [0.15, 0.2) is 60.1 Å². The first-order valence-electron chi connectivity index (χ1n) is 12.5. The smallest absolute Gasteiger partial charge is 0.353 e. The lowest BCUT2D eigenvalue weighted by molar-refractivity contribution is -0.126. The number of pyridine rings is 2. The molecule has 3 N–H and O–H groups in total. The predicted octanol–water partition coefficient (Wildman–Crippen LogP) is 3.64. The van der Waals surface area contributed by atoms with Crippen molar-refractivity contribution in [3.8, 4) is 17.1 Å². The summed E-state index contributed by atoms with van der Waals surface area (Å²) in [7, 11) is 1.45. The van der Waals surface area contributed by atoms with Gasteiger partial charge in [-0.3, -0.25) is 19.7 Å². The predicted molar refractivity (Wildman–Crippen MR) is 141 cm³/mol. The van der Waals surface area contributed by atoms with E-state index < -0.39 is 17.7 Å². The number of ether oxygens (including phenoxy) is 1. The molecule has 2 aliphatic rings. The van der Waals surface area contributed by atoms with Gasteiger partial charge in [-0.1, -0.05) is 12.1 Å². The number of hydrogen-bond acceptors (Lipinski definition) is 7. The summed E-state index contributed by atoms with van der Waals surface area (Å²) in [6.07, 6.45) is 9.19. The fraction of sp³-hybridized carbons (Fsp3) is 0.214. The molecule has 5 heterocycles. The number of allylic oxidation sites excluding steroid dienone is 2. The van der Waals surface area contributed by atoms with Gasteiger partial charge in [0.2, 0.25) is 0 Å². The number of fused-ring (bicyclic) bond motifs is 1. The first kappa shape index (κ1) is 24.3. The summed E-state index contributed by atoms with van der Waals surface area (Å²) in [5.74, 6) is -2.11. The van der Waals surface area contributed by atoms with E-state index in [1.807, 2.05) is 18.2 Å². The minimum absolute atomic E-state index is 0.101. The van der Waals surface area contributed by atoms with Crippen LogP contribution in [-0.2, 0) is 4.79 Å². The second-order valence-corrected chi connectivity index (χ2v) is 9.36. The van der Waals surface area contributed by atoms with E-state index in [4.69, 9.17) is 4.74 Å². The average molecular weight is 525 g/mol. The number of rotatable bonds is 6. The molecule has 0 unspecified atom stereocenters. The van der Waals surface area contributed by atoms with Crippen LogP contribution in [-0.4, -0.2) is 73.0 Å². The molecule has 4 aromatic rings. The van der Waals surface area contributed by atoms with Crippen molar-refractivity contribution in [2.45, 2.75) is 19.3 Å². The third-order valence-corrected chi connectivity index (χ3v) is 7.17. The van der Waals surface area contributed by atoms with E-state index in [0.29, 0.717) is 41.9 Å². The van der Waals surface area contributed by atoms with E-state index in [0.717, 1.165) is 29.7 Å². The first-order valence-corrected chi connectivity index (χ1v) is 12.5. The molecule has 1 aliphatic carbocycles. The zero-order valence-corrected chi connectivity index (χ0v) is 21.0. The van der Waals surface area contributed by atoms with E-state index in [9.17, 15) is 19.5 Å². The Morgan fingerprint density at radius 2 is 2.00 bits per heavy atom. The third kappa shape index (κ3) is 4.17. The van der Waals surface area contributed by atoms with Crippen molar-refractivity contribution in [3.63, 3.8) is 0 Å². The lowest BCUT2D eigenvalue weighted by atomic mass is 9.84. The normalized spacial score (nSPS) is 15.2. The number of aromatic nitrogens is 5. The largest absolute Gasteiger partial charge is 0.494 e. The number of amides is 1. The maximum Gasteiger partial charge on any atom is 0.353 e. The van der Waals surface area contributed by atoms with Crippen LogP contribution in [0.1, 0.15) is 45.8 Å². The number of Topliss-reactive ketones (excluding diaryl/α,β-unsaturated/α-hetero) is 1. The van der Waals surface area contributed by atoms with Crippen molar-refractivity contribution >= 4 is 34.1 Å². The summed E-state index contributed by atoms with van der Waals surface area (Å²) >= 11 is 0.